The highest BCUT2D eigenvalue weighted by Crippen LogP contribution is 2.43. The van der Waals surface area contributed by atoms with Crippen molar-refractivity contribution in [3.63, 3.8) is 0 Å². The Morgan fingerprint density at radius 3 is 1.29 bits per heavy atom. The van der Waals surface area contributed by atoms with Crippen LogP contribution in [0.25, 0.3) is 0 Å². The Hall–Kier alpha value is -2.33. The summed E-state index contributed by atoms with van der Waals surface area (Å²) in [5, 5.41) is 8.94. The number of unbranched alkanes of at least 4 members (excludes halogenated alkanes) is 26. The van der Waals surface area contributed by atoms with Gasteiger partial charge in [0.25, 0.3) is 0 Å². The zero-order valence-electron chi connectivity index (χ0n) is 41.6. The first-order valence-corrected chi connectivity index (χ1v) is 27.8. The minimum absolute atomic E-state index is 0.00806. The number of ether oxygens (including phenoxy) is 2. The summed E-state index contributed by atoms with van der Waals surface area (Å²) in [4.78, 5) is 33.7. The molecule has 378 valence electrons. The van der Waals surface area contributed by atoms with Gasteiger partial charge in [-0.25, -0.2) is 4.57 Å². The lowest BCUT2D eigenvalue weighted by Gasteiger charge is -2.20. The maximum atomic E-state index is 12.7. The van der Waals surface area contributed by atoms with Crippen LogP contribution in [0.2, 0.25) is 0 Å². The molecule has 0 saturated carbocycles. The first-order chi connectivity index (χ1) is 31.7. The zero-order chi connectivity index (χ0) is 47.6. The van der Waals surface area contributed by atoms with Crippen molar-refractivity contribution in [3.8, 4) is 0 Å². The number of aliphatic carboxylic acids is 1. The smallest absolute Gasteiger partial charge is 0.472 e. The predicted octanol–water partition coefficient (Wildman–Crippen LogP) is 15.5. The van der Waals surface area contributed by atoms with E-state index in [9.17, 15) is 19.0 Å². The molecule has 0 aliphatic rings. The highest BCUT2D eigenvalue weighted by molar-refractivity contribution is 7.47. The van der Waals surface area contributed by atoms with Crippen molar-refractivity contribution in [2.45, 2.75) is 244 Å². The van der Waals surface area contributed by atoms with Crippen LogP contribution in [0.3, 0.4) is 0 Å². The van der Waals surface area contributed by atoms with E-state index in [4.69, 9.17) is 29.4 Å². The van der Waals surface area contributed by atoms with Gasteiger partial charge in [-0.15, -0.1) is 0 Å². The molecule has 0 aromatic rings. The van der Waals surface area contributed by atoms with Crippen LogP contribution in [0.5, 0.6) is 0 Å². The van der Waals surface area contributed by atoms with Crippen molar-refractivity contribution in [1.82, 2.24) is 0 Å². The number of carboxylic acid groups (broad SMARTS) is 1. The van der Waals surface area contributed by atoms with Gasteiger partial charge in [-0.1, -0.05) is 203 Å². The molecule has 65 heavy (non-hydrogen) atoms. The molecule has 0 amide bonds. The summed E-state index contributed by atoms with van der Waals surface area (Å²) in [6.07, 6.45) is 61.3. The van der Waals surface area contributed by atoms with E-state index in [2.05, 4.69) is 74.6 Å². The van der Waals surface area contributed by atoms with Crippen molar-refractivity contribution in [2.75, 3.05) is 26.4 Å². The average molecular weight is 936 g/mol. The van der Waals surface area contributed by atoms with Crippen LogP contribution in [0.1, 0.15) is 232 Å². The van der Waals surface area contributed by atoms with Gasteiger partial charge in [-0.3, -0.25) is 18.6 Å². The zero-order valence-corrected chi connectivity index (χ0v) is 42.5. The first kappa shape index (κ1) is 62.7. The summed E-state index contributed by atoms with van der Waals surface area (Å²) >= 11 is 0. The summed E-state index contributed by atoms with van der Waals surface area (Å²) < 4.78 is 33.5. The van der Waals surface area contributed by atoms with E-state index in [0.29, 0.717) is 13.0 Å². The number of rotatable bonds is 50. The second-order valence-corrected chi connectivity index (χ2v) is 19.1. The lowest BCUT2D eigenvalue weighted by atomic mass is 10.0. The van der Waals surface area contributed by atoms with E-state index in [-0.39, 0.29) is 13.0 Å². The maximum Gasteiger partial charge on any atom is 0.472 e. The largest absolute Gasteiger partial charge is 0.480 e. The lowest BCUT2D eigenvalue weighted by Crippen LogP contribution is -2.34. The Labute approximate surface area is 398 Å². The monoisotopic (exact) mass is 936 g/mol. The number of phosphoric ester groups is 1. The van der Waals surface area contributed by atoms with Crippen LogP contribution in [-0.4, -0.2) is 60.5 Å². The Morgan fingerprint density at radius 1 is 0.492 bits per heavy atom. The number of phosphoric acid groups is 1. The molecule has 0 aliphatic carbocycles. The fraction of sp³-hybridized carbons (Fsp3) is 0.778. The molecule has 0 aromatic carbocycles. The second-order valence-electron chi connectivity index (χ2n) is 17.6. The summed E-state index contributed by atoms with van der Waals surface area (Å²) in [7, 11) is -4.63. The SMILES string of the molecule is CCCCC/C=C\C/C=C\C/C=C\CCCCCCCCCOCC(COP(=O)(O)OCC(N)C(=O)O)OC(=O)CCCCCCCCCCCCC/C=C\C/C=C\CCCCCCC. The number of nitrogens with two attached hydrogens (primary N) is 1. The molecular weight excluding hydrogens is 838 g/mol. The van der Waals surface area contributed by atoms with Gasteiger partial charge < -0.3 is 25.2 Å². The third-order valence-corrected chi connectivity index (χ3v) is 12.2. The molecule has 4 N–H and O–H groups in total. The normalized spacial score (nSPS) is 14.2. The molecule has 10 nitrogen and oxygen atoms in total. The number of carbonyl (C=O) groups is 2. The standard InChI is InChI=1S/C54H98NO9P/c1-3-5-7-9-11-13-15-17-19-21-23-25-26-27-28-30-32-34-36-38-40-42-44-46-53(56)64-51(49-62-65(59,60)63-50-52(55)54(57)58)48-61-47-45-43-41-39-37-35-33-31-29-24-22-20-18-16-14-12-10-8-6-4-2/h12,14-15,17-18,20-21,23-24,29,51-52H,3-11,13,16,19,22,25-28,30-50,55H2,1-2H3,(H,57,58)(H,59,60)/b14-12-,17-15-,20-18-,23-21-,29-24-. The van der Waals surface area contributed by atoms with Gasteiger partial charge in [0.15, 0.2) is 0 Å². The fourth-order valence-electron chi connectivity index (χ4n) is 7.17. The maximum absolute atomic E-state index is 12.7. The van der Waals surface area contributed by atoms with Crippen LogP contribution in [-0.2, 0) is 32.7 Å². The summed E-state index contributed by atoms with van der Waals surface area (Å²) in [6, 6.07) is -1.48. The molecule has 0 fully saturated rings. The van der Waals surface area contributed by atoms with Crippen molar-refractivity contribution in [3.05, 3.63) is 60.8 Å². The molecule has 0 bridgehead atoms. The quantitative estimate of drug-likeness (QED) is 0.0232. The Kier molecular flexibility index (Phi) is 47.8. The van der Waals surface area contributed by atoms with Gasteiger partial charge in [0.2, 0.25) is 0 Å². The van der Waals surface area contributed by atoms with Crippen molar-refractivity contribution < 1.29 is 42.7 Å². The van der Waals surface area contributed by atoms with Crippen LogP contribution in [0, 0.1) is 0 Å². The molecular formula is C54H98NO9P. The molecule has 11 heteroatoms. The molecule has 0 heterocycles. The van der Waals surface area contributed by atoms with Crippen molar-refractivity contribution in [2.24, 2.45) is 5.73 Å². The minimum Gasteiger partial charge on any atom is -0.480 e. The van der Waals surface area contributed by atoms with E-state index in [1.54, 1.807) is 0 Å². The Morgan fingerprint density at radius 2 is 0.846 bits per heavy atom. The van der Waals surface area contributed by atoms with Gasteiger partial charge in [0, 0.05) is 13.0 Å². The number of carboxylic acids is 1. The van der Waals surface area contributed by atoms with E-state index in [1.165, 1.54) is 141 Å². The summed E-state index contributed by atoms with van der Waals surface area (Å²) in [5.41, 5.74) is 5.38. The van der Waals surface area contributed by atoms with Gasteiger partial charge in [-0.2, -0.15) is 0 Å². The first-order valence-electron chi connectivity index (χ1n) is 26.3. The van der Waals surface area contributed by atoms with Crippen LogP contribution in [0.4, 0.5) is 0 Å². The van der Waals surface area contributed by atoms with Crippen LogP contribution >= 0.6 is 7.82 Å². The van der Waals surface area contributed by atoms with Crippen molar-refractivity contribution in [1.29, 1.82) is 0 Å². The number of esters is 1. The second kappa shape index (κ2) is 49.6. The number of hydrogen-bond donors (Lipinski definition) is 3. The van der Waals surface area contributed by atoms with E-state index < -0.39 is 45.1 Å². The topological polar surface area (TPSA) is 155 Å². The number of allylic oxidation sites excluding steroid dienone is 10. The van der Waals surface area contributed by atoms with E-state index in [1.807, 2.05) is 0 Å². The summed E-state index contributed by atoms with van der Waals surface area (Å²) in [5.74, 6) is -1.78. The van der Waals surface area contributed by atoms with E-state index >= 15 is 0 Å². The lowest BCUT2D eigenvalue weighted by molar-refractivity contribution is -0.154. The van der Waals surface area contributed by atoms with E-state index in [0.717, 1.165) is 64.2 Å². The minimum atomic E-state index is -4.63. The number of hydrogen-bond acceptors (Lipinski definition) is 8. The molecule has 0 aromatic heterocycles. The van der Waals surface area contributed by atoms with Gasteiger partial charge in [-0.05, 0) is 83.5 Å². The van der Waals surface area contributed by atoms with Gasteiger partial charge in [0.1, 0.15) is 12.1 Å². The average Bonchev–Trinajstić information content (AvgIpc) is 3.29. The fourth-order valence-corrected chi connectivity index (χ4v) is 7.95. The highest BCUT2D eigenvalue weighted by Gasteiger charge is 2.27. The summed E-state index contributed by atoms with van der Waals surface area (Å²) in [6.45, 7) is 3.84. The molecule has 3 atom stereocenters. The highest BCUT2D eigenvalue weighted by atomic mass is 31.2. The molecule has 0 radical (unpaired) electrons. The molecule has 3 unspecified atom stereocenters. The van der Waals surface area contributed by atoms with Gasteiger partial charge >= 0.3 is 19.8 Å². The van der Waals surface area contributed by atoms with Gasteiger partial charge in [0.05, 0.1) is 19.8 Å². The number of carbonyl (C=O) groups excluding carboxylic acids is 1. The third kappa shape index (κ3) is 49.4. The van der Waals surface area contributed by atoms with Crippen LogP contribution < -0.4 is 5.73 Å². The molecule has 0 aliphatic heterocycles. The molecule has 0 spiro atoms. The molecule has 0 rings (SSSR count). The molecule has 0 saturated heterocycles. The van der Waals surface area contributed by atoms with Crippen LogP contribution in [0.15, 0.2) is 60.8 Å². The third-order valence-electron chi connectivity index (χ3n) is 11.3. The Bertz CT molecular complexity index is 1270. The Balaban J connectivity index is 4.15. The predicted molar refractivity (Wildman–Crippen MR) is 272 cm³/mol. The van der Waals surface area contributed by atoms with Crippen molar-refractivity contribution >= 4 is 19.8 Å².